The lowest BCUT2D eigenvalue weighted by atomic mass is 10.2. The SMILES string of the molecule is CNC(=O)c1cn(-c2ccccc2)c2nc(NCCN3CCOCC3)ncc2c1=O. The zero-order chi connectivity index (χ0) is 20.9. The molecule has 156 valence electrons. The number of hydrogen-bond donors (Lipinski definition) is 2. The van der Waals surface area contributed by atoms with E-state index in [0.29, 0.717) is 23.5 Å². The minimum absolute atomic E-state index is 0.0467. The van der Waals surface area contributed by atoms with E-state index in [1.807, 2.05) is 30.3 Å². The Morgan fingerprint density at radius 3 is 2.70 bits per heavy atom. The Labute approximate surface area is 173 Å². The number of para-hydroxylation sites is 1. The lowest BCUT2D eigenvalue weighted by Gasteiger charge is -2.26. The highest BCUT2D eigenvalue weighted by Crippen LogP contribution is 2.17. The fourth-order valence-electron chi connectivity index (χ4n) is 3.43. The van der Waals surface area contributed by atoms with E-state index in [1.165, 1.54) is 19.4 Å². The third kappa shape index (κ3) is 4.17. The van der Waals surface area contributed by atoms with Crippen LogP contribution in [0.1, 0.15) is 10.4 Å². The van der Waals surface area contributed by atoms with Gasteiger partial charge in [0.05, 0.1) is 18.6 Å². The number of carbonyl (C=O) groups is 1. The maximum absolute atomic E-state index is 12.9. The predicted octanol–water partition coefficient (Wildman–Crippen LogP) is 0.884. The highest BCUT2D eigenvalue weighted by atomic mass is 16.5. The molecule has 9 nitrogen and oxygen atoms in total. The van der Waals surface area contributed by atoms with Crippen LogP contribution in [0.4, 0.5) is 5.95 Å². The summed E-state index contributed by atoms with van der Waals surface area (Å²) < 4.78 is 7.11. The molecule has 1 fully saturated rings. The third-order valence-electron chi connectivity index (χ3n) is 5.07. The Kier molecular flexibility index (Phi) is 6.01. The third-order valence-corrected chi connectivity index (χ3v) is 5.07. The van der Waals surface area contributed by atoms with Crippen molar-refractivity contribution in [2.45, 2.75) is 0 Å². The van der Waals surface area contributed by atoms with E-state index in [4.69, 9.17) is 4.74 Å². The molecule has 3 aromatic rings. The maximum Gasteiger partial charge on any atom is 0.256 e. The highest BCUT2D eigenvalue weighted by Gasteiger charge is 2.17. The van der Waals surface area contributed by atoms with Crippen LogP contribution in [0.2, 0.25) is 0 Å². The summed E-state index contributed by atoms with van der Waals surface area (Å²) in [6.07, 6.45) is 3.01. The molecule has 3 heterocycles. The molecule has 0 atom stereocenters. The molecule has 0 unspecified atom stereocenters. The molecule has 1 saturated heterocycles. The molecule has 0 aliphatic carbocycles. The van der Waals surface area contributed by atoms with Crippen LogP contribution in [-0.2, 0) is 4.74 Å². The summed E-state index contributed by atoms with van der Waals surface area (Å²) in [6.45, 7) is 4.86. The molecule has 1 amide bonds. The van der Waals surface area contributed by atoms with E-state index in [-0.39, 0.29) is 5.56 Å². The zero-order valence-electron chi connectivity index (χ0n) is 16.8. The number of amides is 1. The molecule has 0 spiro atoms. The first kappa shape index (κ1) is 20.0. The number of pyridine rings is 1. The van der Waals surface area contributed by atoms with Gasteiger partial charge < -0.3 is 19.9 Å². The Morgan fingerprint density at radius 2 is 1.97 bits per heavy atom. The van der Waals surface area contributed by atoms with Gasteiger partial charge in [0.2, 0.25) is 11.4 Å². The Bertz CT molecular complexity index is 1090. The second-order valence-electron chi connectivity index (χ2n) is 6.97. The van der Waals surface area contributed by atoms with Crippen LogP contribution >= 0.6 is 0 Å². The number of nitrogens with zero attached hydrogens (tertiary/aromatic N) is 4. The number of rotatable bonds is 6. The van der Waals surface area contributed by atoms with Gasteiger partial charge in [0, 0.05) is 51.3 Å². The average molecular weight is 408 g/mol. The van der Waals surface area contributed by atoms with E-state index >= 15 is 0 Å². The van der Waals surface area contributed by atoms with Gasteiger partial charge in [-0.3, -0.25) is 14.5 Å². The van der Waals surface area contributed by atoms with Crippen molar-refractivity contribution in [1.82, 2.24) is 24.8 Å². The number of nitrogens with one attached hydrogen (secondary N) is 2. The molecular weight excluding hydrogens is 384 g/mol. The van der Waals surface area contributed by atoms with Crippen molar-refractivity contribution in [2.24, 2.45) is 0 Å². The number of hydrogen-bond acceptors (Lipinski definition) is 7. The largest absolute Gasteiger partial charge is 0.379 e. The lowest BCUT2D eigenvalue weighted by molar-refractivity contribution is 0.0398. The second-order valence-corrected chi connectivity index (χ2v) is 6.97. The summed E-state index contributed by atoms with van der Waals surface area (Å²) in [5, 5.41) is 6.04. The first-order valence-corrected chi connectivity index (χ1v) is 9.91. The number of morpholine rings is 1. The number of fused-ring (bicyclic) bond motifs is 1. The van der Waals surface area contributed by atoms with Crippen LogP contribution in [0.25, 0.3) is 16.7 Å². The van der Waals surface area contributed by atoms with Gasteiger partial charge in [0.1, 0.15) is 5.56 Å². The summed E-state index contributed by atoms with van der Waals surface area (Å²) in [7, 11) is 1.50. The Morgan fingerprint density at radius 1 is 1.20 bits per heavy atom. The van der Waals surface area contributed by atoms with Crippen molar-refractivity contribution in [3.05, 3.63) is 58.5 Å². The quantitative estimate of drug-likeness (QED) is 0.624. The molecule has 30 heavy (non-hydrogen) atoms. The van der Waals surface area contributed by atoms with Gasteiger partial charge in [0.25, 0.3) is 5.91 Å². The number of carbonyl (C=O) groups excluding carboxylic acids is 1. The summed E-state index contributed by atoms with van der Waals surface area (Å²) >= 11 is 0. The topological polar surface area (TPSA) is 101 Å². The first-order valence-electron chi connectivity index (χ1n) is 9.91. The number of benzene rings is 1. The van der Waals surface area contributed by atoms with E-state index in [9.17, 15) is 9.59 Å². The number of anilines is 1. The molecule has 2 aromatic heterocycles. The lowest BCUT2D eigenvalue weighted by Crippen LogP contribution is -2.39. The number of ether oxygens (including phenoxy) is 1. The van der Waals surface area contributed by atoms with Gasteiger partial charge in [-0.1, -0.05) is 18.2 Å². The minimum atomic E-state index is -0.445. The van der Waals surface area contributed by atoms with Crippen molar-refractivity contribution in [3.8, 4) is 5.69 Å². The molecule has 1 aliphatic rings. The van der Waals surface area contributed by atoms with Crippen LogP contribution in [0.3, 0.4) is 0 Å². The second kappa shape index (κ2) is 9.02. The number of aromatic nitrogens is 3. The molecule has 1 aromatic carbocycles. The minimum Gasteiger partial charge on any atom is -0.379 e. The monoisotopic (exact) mass is 408 g/mol. The average Bonchev–Trinajstić information content (AvgIpc) is 2.80. The first-order chi connectivity index (χ1) is 14.7. The van der Waals surface area contributed by atoms with Gasteiger partial charge in [-0.2, -0.15) is 4.98 Å². The van der Waals surface area contributed by atoms with Crippen LogP contribution in [0.15, 0.2) is 47.5 Å². The molecule has 9 heteroatoms. The van der Waals surface area contributed by atoms with Crippen LogP contribution in [0.5, 0.6) is 0 Å². The van der Waals surface area contributed by atoms with E-state index in [1.54, 1.807) is 4.57 Å². The van der Waals surface area contributed by atoms with Crippen LogP contribution < -0.4 is 16.1 Å². The Hall–Kier alpha value is -3.30. The predicted molar refractivity (Wildman–Crippen MR) is 114 cm³/mol. The van der Waals surface area contributed by atoms with Crippen molar-refractivity contribution in [2.75, 3.05) is 51.8 Å². The molecule has 0 saturated carbocycles. The van der Waals surface area contributed by atoms with Gasteiger partial charge >= 0.3 is 0 Å². The molecule has 2 N–H and O–H groups in total. The fourth-order valence-corrected chi connectivity index (χ4v) is 3.43. The van der Waals surface area contributed by atoms with Crippen molar-refractivity contribution in [3.63, 3.8) is 0 Å². The van der Waals surface area contributed by atoms with Crippen molar-refractivity contribution < 1.29 is 9.53 Å². The van der Waals surface area contributed by atoms with Gasteiger partial charge in [0.15, 0.2) is 5.65 Å². The molecule has 1 aliphatic heterocycles. The smallest absolute Gasteiger partial charge is 0.256 e. The van der Waals surface area contributed by atoms with E-state index < -0.39 is 11.3 Å². The summed E-state index contributed by atoms with van der Waals surface area (Å²) in [6, 6.07) is 9.47. The Balaban J connectivity index is 1.69. The van der Waals surface area contributed by atoms with Crippen LogP contribution in [-0.4, -0.2) is 71.8 Å². The van der Waals surface area contributed by atoms with E-state index in [2.05, 4.69) is 25.5 Å². The summed E-state index contributed by atoms with van der Waals surface area (Å²) in [5.74, 6) is -0.00757. The fraction of sp³-hybridized carbons (Fsp3) is 0.333. The highest BCUT2D eigenvalue weighted by molar-refractivity contribution is 5.97. The molecule has 0 radical (unpaired) electrons. The van der Waals surface area contributed by atoms with E-state index in [0.717, 1.165) is 38.5 Å². The summed E-state index contributed by atoms with van der Waals surface area (Å²) in [5.41, 5.74) is 0.898. The maximum atomic E-state index is 12.9. The van der Waals surface area contributed by atoms with Gasteiger partial charge in [-0.25, -0.2) is 4.98 Å². The van der Waals surface area contributed by atoms with Gasteiger partial charge in [-0.15, -0.1) is 0 Å². The van der Waals surface area contributed by atoms with Crippen molar-refractivity contribution in [1.29, 1.82) is 0 Å². The normalized spacial score (nSPS) is 14.6. The van der Waals surface area contributed by atoms with Crippen molar-refractivity contribution >= 4 is 22.9 Å². The standard InChI is InChI=1S/C21H24N6O3/c1-22-20(29)17-14-27(15-5-3-2-4-6-15)19-16(18(17)28)13-24-21(25-19)23-7-8-26-9-11-30-12-10-26/h2-6,13-14H,7-12H2,1H3,(H,22,29)(H,23,24,25). The van der Waals surface area contributed by atoms with Gasteiger partial charge in [-0.05, 0) is 12.1 Å². The molecular formula is C21H24N6O3. The summed E-state index contributed by atoms with van der Waals surface area (Å²) in [4.78, 5) is 36.3. The molecule has 4 rings (SSSR count). The molecule has 0 bridgehead atoms. The van der Waals surface area contributed by atoms with Crippen LogP contribution in [0, 0.1) is 0 Å². The zero-order valence-corrected chi connectivity index (χ0v) is 16.8.